The number of benzene rings is 1. The zero-order valence-electron chi connectivity index (χ0n) is 19.8. The van der Waals surface area contributed by atoms with E-state index in [0.717, 1.165) is 17.8 Å². The Morgan fingerprint density at radius 2 is 1.74 bits per heavy atom. The summed E-state index contributed by atoms with van der Waals surface area (Å²) in [6, 6.07) is 3.60. The fraction of sp³-hybridized carbons (Fsp3) is 0.522. The van der Waals surface area contributed by atoms with Gasteiger partial charge in [-0.3, -0.25) is 9.59 Å². The summed E-state index contributed by atoms with van der Waals surface area (Å²) >= 11 is 6.95. The zero-order valence-corrected chi connectivity index (χ0v) is 21.4. The molecular formula is C23H36ClFN2O3S. The van der Waals surface area contributed by atoms with Gasteiger partial charge < -0.3 is 10.1 Å². The fourth-order valence-electron chi connectivity index (χ4n) is 2.08. The van der Waals surface area contributed by atoms with Crippen molar-refractivity contribution in [2.24, 2.45) is 0 Å². The van der Waals surface area contributed by atoms with Crippen LogP contribution in [0.3, 0.4) is 0 Å². The molecule has 1 aromatic carbocycles. The number of methoxy groups -OCH3 is 1. The summed E-state index contributed by atoms with van der Waals surface area (Å²) in [6.45, 7) is 11.6. The Morgan fingerprint density at radius 3 is 2.19 bits per heavy atom. The highest BCUT2D eigenvalue weighted by Crippen LogP contribution is 2.28. The van der Waals surface area contributed by atoms with Crippen LogP contribution in [0.1, 0.15) is 70.5 Å². The monoisotopic (exact) mass is 474 g/mol. The van der Waals surface area contributed by atoms with Gasteiger partial charge in [0.25, 0.3) is 5.91 Å². The largest absolute Gasteiger partial charge is 0.388 e. The van der Waals surface area contributed by atoms with E-state index in [9.17, 15) is 14.0 Å². The van der Waals surface area contributed by atoms with Gasteiger partial charge >= 0.3 is 0 Å². The number of amides is 1. The summed E-state index contributed by atoms with van der Waals surface area (Å²) in [6.07, 6.45) is 4.05. The molecular weight excluding hydrogens is 439 g/mol. The van der Waals surface area contributed by atoms with Gasteiger partial charge in [0.05, 0.1) is 12.2 Å². The molecule has 0 fully saturated rings. The molecule has 1 N–H and O–H groups in total. The molecule has 1 amide bonds. The molecule has 0 aliphatic rings. The lowest BCUT2D eigenvalue weighted by Gasteiger charge is -2.13. The number of thiazole rings is 1. The van der Waals surface area contributed by atoms with E-state index in [4.69, 9.17) is 11.6 Å². The predicted molar refractivity (Wildman–Crippen MR) is 130 cm³/mol. The predicted octanol–water partition coefficient (Wildman–Crippen LogP) is 6.80. The second-order valence-corrected chi connectivity index (χ2v) is 7.70. The highest BCUT2D eigenvalue weighted by molar-refractivity contribution is 7.16. The summed E-state index contributed by atoms with van der Waals surface area (Å²) < 4.78 is 17.7. The molecule has 176 valence electrons. The topological polar surface area (TPSA) is 68.3 Å². The number of ketones is 1. The Labute approximate surface area is 195 Å². The van der Waals surface area contributed by atoms with Crippen LogP contribution in [0, 0.1) is 5.82 Å². The van der Waals surface area contributed by atoms with Crippen LogP contribution in [-0.4, -0.2) is 36.9 Å². The van der Waals surface area contributed by atoms with Gasteiger partial charge in [-0.05, 0) is 31.5 Å². The molecule has 0 spiro atoms. The van der Waals surface area contributed by atoms with Gasteiger partial charge in [0.15, 0.2) is 5.78 Å². The number of halogens is 2. The van der Waals surface area contributed by atoms with E-state index in [1.54, 1.807) is 20.3 Å². The number of hydrogen-bond donors (Lipinski definition) is 1. The van der Waals surface area contributed by atoms with Crippen molar-refractivity contribution in [2.45, 2.75) is 66.8 Å². The van der Waals surface area contributed by atoms with Gasteiger partial charge in [-0.15, -0.1) is 11.3 Å². The number of hydrogen-bond acceptors (Lipinski definition) is 5. The van der Waals surface area contributed by atoms with Crippen molar-refractivity contribution < 1.29 is 18.7 Å². The van der Waals surface area contributed by atoms with Crippen molar-refractivity contribution in [1.29, 1.82) is 0 Å². The molecule has 2 aromatic rings. The average Bonchev–Trinajstić information content (AvgIpc) is 3.20. The Balaban J connectivity index is 0. The van der Waals surface area contributed by atoms with Gasteiger partial charge in [-0.25, -0.2) is 9.37 Å². The minimum Gasteiger partial charge on any atom is -0.388 e. The highest BCUT2D eigenvalue weighted by atomic mass is 35.5. The van der Waals surface area contributed by atoms with Gasteiger partial charge in [-0.2, -0.15) is 0 Å². The van der Waals surface area contributed by atoms with E-state index in [1.165, 1.54) is 31.7 Å². The van der Waals surface area contributed by atoms with Crippen molar-refractivity contribution in [1.82, 2.24) is 10.3 Å². The molecule has 0 bridgehead atoms. The Bertz CT molecular complexity index is 747. The van der Waals surface area contributed by atoms with E-state index in [2.05, 4.69) is 28.9 Å². The first kappa shape index (κ1) is 31.4. The lowest BCUT2D eigenvalue weighted by Crippen LogP contribution is -2.39. The fourth-order valence-corrected chi connectivity index (χ4v) is 3.11. The molecule has 1 heterocycles. The van der Waals surface area contributed by atoms with Gasteiger partial charge in [0, 0.05) is 24.8 Å². The summed E-state index contributed by atoms with van der Waals surface area (Å²) in [4.78, 5) is 28.2. The number of aromatic nitrogens is 1. The first-order chi connectivity index (χ1) is 14.7. The van der Waals surface area contributed by atoms with Crippen LogP contribution < -0.4 is 5.32 Å². The molecule has 0 saturated carbocycles. The molecule has 0 aliphatic carbocycles. The van der Waals surface area contributed by atoms with E-state index in [1.807, 2.05) is 20.8 Å². The van der Waals surface area contributed by atoms with Gasteiger partial charge in [0.2, 0.25) is 0 Å². The smallest absolute Gasteiger partial charge is 0.263 e. The molecule has 5 nitrogen and oxygen atoms in total. The SMILES string of the molecule is CC.CCC.CCCC(NC(=O)c1cnc(-c2cc(F)cc(Cl)c2)s1)C(C)=O.COC. The van der Waals surface area contributed by atoms with Crippen molar-refractivity contribution in [3.05, 3.63) is 40.1 Å². The first-order valence-electron chi connectivity index (χ1n) is 10.4. The second kappa shape index (κ2) is 18.9. The molecule has 31 heavy (non-hydrogen) atoms. The van der Waals surface area contributed by atoms with Crippen LogP contribution >= 0.6 is 22.9 Å². The Hall–Kier alpha value is -1.83. The molecule has 0 radical (unpaired) electrons. The molecule has 1 aromatic heterocycles. The third kappa shape index (κ3) is 13.2. The van der Waals surface area contributed by atoms with Crippen molar-refractivity contribution in [3.8, 4) is 10.6 Å². The maximum absolute atomic E-state index is 13.4. The lowest BCUT2D eigenvalue weighted by atomic mass is 10.1. The van der Waals surface area contributed by atoms with Crippen molar-refractivity contribution >= 4 is 34.6 Å². The summed E-state index contributed by atoms with van der Waals surface area (Å²) in [5, 5.41) is 3.46. The van der Waals surface area contributed by atoms with Crippen molar-refractivity contribution in [3.63, 3.8) is 0 Å². The number of rotatable bonds is 6. The summed E-state index contributed by atoms with van der Waals surface area (Å²) in [5.41, 5.74) is 0.510. The maximum Gasteiger partial charge on any atom is 0.263 e. The quantitative estimate of drug-likeness (QED) is 0.500. The number of nitrogens with one attached hydrogen (secondary N) is 1. The molecule has 0 aliphatic heterocycles. The minimum atomic E-state index is -0.498. The van der Waals surface area contributed by atoms with Gasteiger partial charge in [0.1, 0.15) is 15.7 Å². The summed E-state index contributed by atoms with van der Waals surface area (Å²) in [7, 11) is 3.25. The van der Waals surface area contributed by atoms with Gasteiger partial charge in [-0.1, -0.05) is 59.1 Å². The van der Waals surface area contributed by atoms with Crippen LogP contribution in [0.15, 0.2) is 24.4 Å². The Morgan fingerprint density at radius 1 is 1.19 bits per heavy atom. The number of carbonyl (C=O) groups excluding carboxylic acids is 2. The van der Waals surface area contributed by atoms with Crippen LogP contribution in [0.4, 0.5) is 4.39 Å². The Kier molecular flexibility index (Phi) is 19.1. The third-order valence-corrected chi connectivity index (χ3v) is 4.48. The van der Waals surface area contributed by atoms with Crippen LogP contribution in [0.2, 0.25) is 5.02 Å². The van der Waals surface area contributed by atoms with E-state index in [-0.39, 0.29) is 16.7 Å². The average molecular weight is 475 g/mol. The number of carbonyl (C=O) groups is 2. The number of nitrogens with zero attached hydrogens (tertiary/aromatic N) is 1. The second-order valence-electron chi connectivity index (χ2n) is 6.23. The molecule has 0 saturated heterocycles. The minimum absolute atomic E-state index is 0.0816. The normalized spacial score (nSPS) is 10.3. The van der Waals surface area contributed by atoms with E-state index >= 15 is 0 Å². The van der Waals surface area contributed by atoms with Crippen LogP contribution in [-0.2, 0) is 9.53 Å². The molecule has 2 rings (SSSR count). The highest BCUT2D eigenvalue weighted by Gasteiger charge is 2.19. The molecule has 1 unspecified atom stereocenters. The maximum atomic E-state index is 13.4. The standard InChI is InChI=1S/C16H16ClFN2O2S.C3H8.C2H6O.C2H6/c1-3-4-13(9(2)21)20-15(22)14-8-19-16(23-14)10-5-11(17)7-12(18)6-10;2*1-3-2;1-2/h5-8,13H,3-4H2,1-2H3,(H,20,22);3H2,1-2H3;1-2H3;1-2H3. The summed E-state index contributed by atoms with van der Waals surface area (Å²) in [5.74, 6) is -0.903. The van der Waals surface area contributed by atoms with Crippen molar-refractivity contribution in [2.75, 3.05) is 14.2 Å². The van der Waals surface area contributed by atoms with Crippen LogP contribution in [0.5, 0.6) is 0 Å². The zero-order chi connectivity index (χ0) is 24.4. The van der Waals surface area contributed by atoms with E-state index in [0.29, 0.717) is 21.9 Å². The lowest BCUT2D eigenvalue weighted by molar-refractivity contribution is -0.118. The van der Waals surface area contributed by atoms with E-state index < -0.39 is 11.9 Å². The number of ether oxygens (including phenoxy) is 1. The van der Waals surface area contributed by atoms with Crippen LogP contribution in [0.25, 0.3) is 10.6 Å². The number of Topliss-reactive ketones (excluding diaryl/α,β-unsaturated/α-hetero) is 1. The molecule has 8 heteroatoms. The third-order valence-electron chi connectivity index (χ3n) is 3.21. The first-order valence-corrected chi connectivity index (χ1v) is 11.6. The molecule has 1 atom stereocenters.